The molecule has 2 atom stereocenters. The van der Waals surface area contributed by atoms with E-state index >= 15 is 0 Å². The third-order valence-electron chi connectivity index (χ3n) is 3.95. The van der Waals surface area contributed by atoms with Gasteiger partial charge in [0.2, 0.25) is 0 Å². The Morgan fingerprint density at radius 2 is 2.12 bits per heavy atom. The SMILES string of the molecule is CCC1CCCC(N(CCC#N)C(C)C)C1. The zero-order chi connectivity index (χ0) is 12.0. The Hall–Kier alpha value is -0.550. The molecule has 1 aliphatic rings. The van der Waals surface area contributed by atoms with Crippen LogP contribution in [-0.4, -0.2) is 23.5 Å². The van der Waals surface area contributed by atoms with Crippen LogP contribution in [0.3, 0.4) is 0 Å². The Bertz CT molecular complexity index is 229. The maximum Gasteiger partial charge on any atom is 0.0635 e. The Labute approximate surface area is 101 Å². The van der Waals surface area contributed by atoms with Crippen LogP contribution < -0.4 is 0 Å². The van der Waals surface area contributed by atoms with Crippen LogP contribution in [-0.2, 0) is 0 Å². The first-order chi connectivity index (χ1) is 7.69. The predicted octanol–water partition coefficient (Wildman–Crippen LogP) is 3.58. The Kier molecular flexibility index (Phi) is 5.84. The van der Waals surface area contributed by atoms with Crippen LogP contribution in [0.4, 0.5) is 0 Å². The first-order valence-electron chi connectivity index (χ1n) is 6.81. The van der Waals surface area contributed by atoms with Crippen LogP contribution in [0.2, 0.25) is 0 Å². The molecule has 0 aromatic rings. The lowest BCUT2D eigenvalue weighted by Gasteiger charge is -2.39. The summed E-state index contributed by atoms with van der Waals surface area (Å²) in [7, 11) is 0. The normalized spacial score (nSPS) is 26.0. The summed E-state index contributed by atoms with van der Waals surface area (Å²) in [6.07, 6.45) is 7.46. The molecule has 0 aromatic carbocycles. The molecule has 16 heavy (non-hydrogen) atoms. The number of hydrogen-bond donors (Lipinski definition) is 0. The minimum atomic E-state index is 0.578. The van der Waals surface area contributed by atoms with Crippen molar-refractivity contribution in [3.05, 3.63) is 0 Å². The molecule has 92 valence electrons. The molecule has 0 radical (unpaired) electrons. The Morgan fingerprint density at radius 3 is 2.69 bits per heavy atom. The first-order valence-corrected chi connectivity index (χ1v) is 6.81. The molecule has 2 nitrogen and oxygen atoms in total. The molecule has 1 saturated carbocycles. The molecule has 0 aromatic heterocycles. The lowest BCUT2D eigenvalue weighted by Crippen LogP contribution is -2.43. The largest absolute Gasteiger partial charge is 0.297 e. The maximum absolute atomic E-state index is 8.72. The van der Waals surface area contributed by atoms with E-state index < -0.39 is 0 Å². The molecule has 1 aliphatic carbocycles. The molecule has 1 rings (SSSR count). The summed E-state index contributed by atoms with van der Waals surface area (Å²) in [4.78, 5) is 2.55. The van der Waals surface area contributed by atoms with Gasteiger partial charge in [-0.3, -0.25) is 4.90 Å². The van der Waals surface area contributed by atoms with E-state index in [0.717, 1.165) is 18.5 Å². The van der Waals surface area contributed by atoms with Crippen molar-refractivity contribution in [1.82, 2.24) is 4.90 Å². The van der Waals surface area contributed by atoms with Crippen LogP contribution in [0, 0.1) is 17.2 Å². The van der Waals surface area contributed by atoms with E-state index in [1.165, 1.54) is 32.1 Å². The molecule has 0 saturated heterocycles. The van der Waals surface area contributed by atoms with E-state index in [4.69, 9.17) is 5.26 Å². The van der Waals surface area contributed by atoms with Gasteiger partial charge in [0.15, 0.2) is 0 Å². The first kappa shape index (κ1) is 13.5. The third kappa shape index (κ3) is 3.79. The van der Waals surface area contributed by atoms with E-state index in [0.29, 0.717) is 12.5 Å². The molecule has 0 spiro atoms. The second-order valence-electron chi connectivity index (χ2n) is 5.33. The fraction of sp³-hybridized carbons (Fsp3) is 0.929. The van der Waals surface area contributed by atoms with Gasteiger partial charge in [-0.2, -0.15) is 5.26 Å². The van der Waals surface area contributed by atoms with Crippen LogP contribution in [0.5, 0.6) is 0 Å². The summed E-state index contributed by atoms with van der Waals surface area (Å²) in [6.45, 7) is 7.77. The van der Waals surface area contributed by atoms with Crippen LogP contribution in [0.15, 0.2) is 0 Å². The minimum Gasteiger partial charge on any atom is -0.297 e. The van der Waals surface area contributed by atoms with Crippen molar-refractivity contribution in [2.75, 3.05) is 6.54 Å². The number of nitriles is 1. The fourth-order valence-electron chi connectivity index (χ4n) is 2.98. The van der Waals surface area contributed by atoms with Crippen molar-refractivity contribution < 1.29 is 0 Å². The van der Waals surface area contributed by atoms with Crippen molar-refractivity contribution in [2.45, 2.75) is 71.4 Å². The van der Waals surface area contributed by atoms with Gasteiger partial charge >= 0.3 is 0 Å². The zero-order valence-corrected chi connectivity index (χ0v) is 11.1. The van der Waals surface area contributed by atoms with Crippen molar-refractivity contribution in [2.24, 2.45) is 5.92 Å². The van der Waals surface area contributed by atoms with E-state index in [1.54, 1.807) is 0 Å². The third-order valence-corrected chi connectivity index (χ3v) is 3.95. The summed E-state index contributed by atoms with van der Waals surface area (Å²) in [5.41, 5.74) is 0. The molecule has 0 bridgehead atoms. The van der Waals surface area contributed by atoms with Gasteiger partial charge in [-0.15, -0.1) is 0 Å². The molecule has 0 amide bonds. The fourth-order valence-corrected chi connectivity index (χ4v) is 2.98. The van der Waals surface area contributed by atoms with Gasteiger partial charge in [-0.25, -0.2) is 0 Å². The van der Waals surface area contributed by atoms with E-state index in [9.17, 15) is 0 Å². The summed E-state index contributed by atoms with van der Waals surface area (Å²) in [5.74, 6) is 0.919. The molecule has 2 unspecified atom stereocenters. The summed E-state index contributed by atoms with van der Waals surface area (Å²) in [5, 5.41) is 8.72. The topological polar surface area (TPSA) is 27.0 Å². The highest BCUT2D eigenvalue weighted by Gasteiger charge is 2.26. The lowest BCUT2D eigenvalue weighted by atomic mass is 9.83. The minimum absolute atomic E-state index is 0.578. The smallest absolute Gasteiger partial charge is 0.0635 e. The van der Waals surface area contributed by atoms with Crippen LogP contribution >= 0.6 is 0 Å². The summed E-state index contributed by atoms with van der Waals surface area (Å²) >= 11 is 0. The number of nitrogens with zero attached hydrogens (tertiary/aromatic N) is 2. The van der Waals surface area contributed by atoms with Crippen molar-refractivity contribution in [3.63, 3.8) is 0 Å². The van der Waals surface area contributed by atoms with Gasteiger partial charge < -0.3 is 0 Å². The van der Waals surface area contributed by atoms with Gasteiger partial charge in [-0.1, -0.05) is 26.2 Å². The maximum atomic E-state index is 8.72. The Balaban J connectivity index is 2.52. The second-order valence-corrected chi connectivity index (χ2v) is 5.33. The average molecular weight is 222 g/mol. The van der Waals surface area contributed by atoms with E-state index in [2.05, 4.69) is 31.7 Å². The van der Waals surface area contributed by atoms with Gasteiger partial charge in [0.25, 0.3) is 0 Å². The second kappa shape index (κ2) is 6.91. The molecule has 1 fully saturated rings. The molecular formula is C14H26N2. The van der Waals surface area contributed by atoms with E-state index in [1.807, 2.05) is 0 Å². The highest BCUT2D eigenvalue weighted by molar-refractivity contribution is 4.84. The van der Waals surface area contributed by atoms with Gasteiger partial charge in [0.05, 0.1) is 6.07 Å². The molecule has 2 heteroatoms. The van der Waals surface area contributed by atoms with Crippen LogP contribution in [0.25, 0.3) is 0 Å². The van der Waals surface area contributed by atoms with E-state index in [-0.39, 0.29) is 0 Å². The summed E-state index contributed by atoms with van der Waals surface area (Å²) < 4.78 is 0. The predicted molar refractivity (Wildman–Crippen MR) is 68.1 cm³/mol. The molecule has 0 N–H and O–H groups in total. The van der Waals surface area contributed by atoms with Crippen LogP contribution in [0.1, 0.15) is 59.3 Å². The van der Waals surface area contributed by atoms with Crippen molar-refractivity contribution >= 4 is 0 Å². The Morgan fingerprint density at radius 1 is 1.38 bits per heavy atom. The average Bonchev–Trinajstić information content (AvgIpc) is 2.29. The van der Waals surface area contributed by atoms with Gasteiger partial charge in [0.1, 0.15) is 0 Å². The molecular weight excluding hydrogens is 196 g/mol. The van der Waals surface area contributed by atoms with Gasteiger partial charge in [-0.05, 0) is 32.6 Å². The molecule has 0 heterocycles. The summed E-state index contributed by atoms with van der Waals surface area (Å²) in [6, 6.07) is 3.58. The molecule has 0 aliphatic heterocycles. The number of rotatable bonds is 5. The number of hydrogen-bond acceptors (Lipinski definition) is 2. The van der Waals surface area contributed by atoms with Crippen molar-refractivity contribution in [3.8, 4) is 6.07 Å². The highest BCUT2D eigenvalue weighted by atomic mass is 15.2. The van der Waals surface area contributed by atoms with Crippen molar-refractivity contribution in [1.29, 1.82) is 5.26 Å². The monoisotopic (exact) mass is 222 g/mol. The zero-order valence-electron chi connectivity index (χ0n) is 11.1. The lowest BCUT2D eigenvalue weighted by molar-refractivity contribution is 0.101. The van der Waals surface area contributed by atoms with Gasteiger partial charge in [0, 0.05) is 25.0 Å². The quantitative estimate of drug-likeness (QED) is 0.711. The standard InChI is InChI=1S/C14H26N2/c1-4-13-7-5-8-14(11-13)16(12(2)3)10-6-9-15/h12-14H,4-8,10-11H2,1-3H3. The highest BCUT2D eigenvalue weighted by Crippen LogP contribution is 2.30.